The normalized spacial score (nSPS) is 21.5. The number of Topliss-reactive ketones (excluding diaryl/α,β-unsaturated/α-hetero) is 1. The number of allylic oxidation sites excluding steroid dienone is 1. The Morgan fingerprint density at radius 3 is 2.42 bits per heavy atom. The summed E-state index contributed by atoms with van der Waals surface area (Å²) in [4.78, 5) is 30.4. The van der Waals surface area contributed by atoms with Gasteiger partial charge in [0.2, 0.25) is 0 Å². The molecule has 2 N–H and O–H groups in total. The number of nitrogens with one attached hydrogen (secondary N) is 2. The van der Waals surface area contributed by atoms with Crippen LogP contribution in [-0.2, 0) is 21.7 Å². The molecule has 0 saturated heterocycles. The van der Waals surface area contributed by atoms with Gasteiger partial charge in [-0.1, -0.05) is 44.2 Å². The predicted octanol–water partition coefficient (Wildman–Crippen LogP) is 7.13. The van der Waals surface area contributed by atoms with Crippen molar-refractivity contribution in [3.63, 3.8) is 0 Å². The Bertz CT molecular complexity index is 1580. The number of benzene rings is 3. The Hall–Kier alpha value is -3.45. The second-order valence-electron chi connectivity index (χ2n) is 11.4. The lowest BCUT2D eigenvalue weighted by molar-refractivity contribution is -0.125. The molecule has 0 saturated carbocycles. The molecule has 38 heavy (non-hydrogen) atoms. The first kappa shape index (κ1) is 24.9. The summed E-state index contributed by atoms with van der Waals surface area (Å²) in [6.07, 6.45) is 0.947. The average Bonchev–Trinajstić information content (AvgIpc) is 2.97. The van der Waals surface area contributed by atoms with Crippen LogP contribution in [-0.4, -0.2) is 11.7 Å². The number of carbonyl (C=O) groups is 2. The number of carbonyl (C=O) groups excluding carboxylic acids is 2. The van der Waals surface area contributed by atoms with E-state index in [2.05, 4.69) is 46.5 Å². The molecule has 3 aromatic carbocycles. The fourth-order valence-corrected chi connectivity index (χ4v) is 6.71. The molecule has 6 rings (SSSR count). The van der Waals surface area contributed by atoms with Crippen LogP contribution in [0.15, 0.2) is 70.3 Å². The Morgan fingerprint density at radius 1 is 0.974 bits per heavy atom. The molecule has 2 aliphatic heterocycles. The number of rotatable bonds is 2. The number of nitrogens with zero attached hydrogens (tertiary/aromatic N) is 1. The van der Waals surface area contributed by atoms with Crippen LogP contribution in [0, 0.1) is 25.1 Å². The minimum atomic E-state index is -1.45. The fraction of sp³-hybridized carbons (Fsp3) is 0.290. The van der Waals surface area contributed by atoms with Crippen molar-refractivity contribution in [2.24, 2.45) is 5.41 Å². The minimum Gasteiger partial charge on any atom is -0.362 e. The lowest BCUT2D eigenvalue weighted by Crippen LogP contribution is -2.50. The maximum atomic E-state index is 14.8. The standard InChI is InChI=1S/C31H29BrFN3O2/c1-17-12-23-24(13-18(17)2)35-31(27-25(34-23)14-30(3,4)15-26(27)37)20-9-7-10-21(32)28(20)36(29(31)38)16-19-8-5-6-11-22(19)33/h5-13,34-35H,14-16H2,1-4H3. The predicted molar refractivity (Wildman–Crippen MR) is 152 cm³/mol. The summed E-state index contributed by atoms with van der Waals surface area (Å²) in [5, 5.41) is 7.14. The Kier molecular flexibility index (Phi) is 5.58. The molecular weight excluding hydrogens is 545 g/mol. The highest BCUT2D eigenvalue weighted by atomic mass is 79.9. The molecule has 0 aromatic heterocycles. The lowest BCUT2D eigenvalue weighted by Gasteiger charge is -2.38. The summed E-state index contributed by atoms with van der Waals surface area (Å²) in [5.41, 5.74) is 4.99. The molecule has 0 radical (unpaired) electrons. The highest BCUT2D eigenvalue weighted by molar-refractivity contribution is 9.10. The largest absolute Gasteiger partial charge is 0.362 e. The molecule has 0 bridgehead atoms. The van der Waals surface area contributed by atoms with Crippen LogP contribution in [0.1, 0.15) is 48.9 Å². The van der Waals surface area contributed by atoms with E-state index in [0.29, 0.717) is 39.7 Å². The third kappa shape index (κ3) is 3.62. The number of anilines is 3. The Balaban J connectivity index is 1.64. The molecule has 194 valence electrons. The van der Waals surface area contributed by atoms with Gasteiger partial charge in [-0.3, -0.25) is 9.59 Å². The summed E-state index contributed by atoms with van der Waals surface area (Å²) in [7, 11) is 0. The van der Waals surface area contributed by atoms with Crippen LogP contribution in [0.3, 0.4) is 0 Å². The number of hydrogen-bond donors (Lipinski definition) is 2. The van der Waals surface area contributed by atoms with Crippen molar-refractivity contribution >= 4 is 44.7 Å². The van der Waals surface area contributed by atoms with Gasteiger partial charge in [-0.2, -0.15) is 0 Å². The van der Waals surface area contributed by atoms with E-state index in [9.17, 15) is 14.0 Å². The van der Waals surface area contributed by atoms with Crippen LogP contribution in [0.4, 0.5) is 21.5 Å². The van der Waals surface area contributed by atoms with Gasteiger partial charge in [-0.05, 0) is 77.0 Å². The van der Waals surface area contributed by atoms with E-state index in [0.717, 1.165) is 28.2 Å². The second-order valence-corrected chi connectivity index (χ2v) is 12.2. The summed E-state index contributed by atoms with van der Waals surface area (Å²) in [5.74, 6) is -0.738. The number of hydrogen-bond acceptors (Lipinski definition) is 4. The van der Waals surface area contributed by atoms with Gasteiger partial charge in [0.15, 0.2) is 11.3 Å². The van der Waals surface area contributed by atoms with E-state index in [1.165, 1.54) is 6.07 Å². The van der Waals surface area contributed by atoms with E-state index in [1.807, 2.05) is 38.1 Å². The van der Waals surface area contributed by atoms with Crippen LogP contribution in [0.5, 0.6) is 0 Å². The van der Waals surface area contributed by atoms with Crippen LogP contribution < -0.4 is 15.5 Å². The zero-order valence-corrected chi connectivity index (χ0v) is 23.4. The second kappa shape index (κ2) is 8.53. The summed E-state index contributed by atoms with van der Waals surface area (Å²) in [6, 6.07) is 16.2. The van der Waals surface area contributed by atoms with Gasteiger partial charge in [-0.15, -0.1) is 0 Å². The van der Waals surface area contributed by atoms with Crippen molar-refractivity contribution in [1.29, 1.82) is 0 Å². The Labute approximate surface area is 230 Å². The maximum Gasteiger partial charge on any atom is 0.262 e. The van der Waals surface area contributed by atoms with Crippen LogP contribution >= 0.6 is 15.9 Å². The van der Waals surface area contributed by atoms with Gasteiger partial charge in [0.05, 0.1) is 29.2 Å². The summed E-state index contributed by atoms with van der Waals surface area (Å²) < 4.78 is 15.5. The molecule has 1 aliphatic carbocycles. The Morgan fingerprint density at radius 2 is 1.68 bits per heavy atom. The summed E-state index contributed by atoms with van der Waals surface area (Å²) >= 11 is 3.66. The number of halogens is 2. The first-order valence-corrected chi connectivity index (χ1v) is 13.6. The average molecular weight is 574 g/mol. The van der Waals surface area contributed by atoms with Crippen molar-refractivity contribution < 1.29 is 14.0 Å². The van der Waals surface area contributed by atoms with E-state index in [1.54, 1.807) is 23.1 Å². The zero-order valence-electron chi connectivity index (χ0n) is 21.8. The van der Waals surface area contributed by atoms with Crippen molar-refractivity contribution in [3.8, 4) is 0 Å². The topological polar surface area (TPSA) is 61.4 Å². The van der Waals surface area contributed by atoms with Crippen molar-refractivity contribution in [2.45, 2.75) is 52.6 Å². The van der Waals surface area contributed by atoms with E-state index < -0.39 is 5.54 Å². The maximum absolute atomic E-state index is 14.8. The SMILES string of the molecule is Cc1cc2c(cc1C)NC1(C(=O)N(Cc3ccccc3F)c3c(Br)cccc31)C1=C(CC(C)(C)CC1=O)N2. The number of amides is 1. The quantitative estimate of drug-likeness (QED) is 0.342. The first-order chi connectivity index (χ1) is 18.0. The third-order valence-corrected chi connectivity index (χ3v) is 8.64. The highest BCUT2D eigenvalue weighted by Gasteiger charge is 2.59. The van der Waals surface area contributed by atoms with E-state index >= 15 is 0 Å². The molecule has 1 unspecified atom stereocenters. The molecule has 3 aliphatic rings. The molecule has 1 atom stereocenters. The third-order valence-electron chi connectivity index (χ3n) is 8.00. The summed E-state index contributed by atoms with van der Waals surface area (Å²) in [6.45, 7) is 8.27. The van der Waals surface area contributed by atoms with E-state index in [4.69, 9.17) is 0 Å². The van der Waals surface area contributed by atoms with Gasteiger partial charge < -0.3 is 15.5 Å². The van der Waals surface area contributed by atoms with Crippen LogP contribution in [0.2, 0.25) is 0 Å². The van der Waals surface area contributed by atoms with Gasteiger partial charge >= 0.3 is 0 Å². The molecule has 3 aromatic rings. The molecule has 7 heteroatoms. The fourth-order valence-electron chi connectivity index (χ4n) is 6.13. The molecule has 1 amide bonds. The van der Waals surface area contributed by atoms with Crippen molar-refractivity contribution in [2.75, 3.05) is 15.5 Å². The number of aryl methyl sites for hydroxylation is 2. The number of fused-ring (bicyclic) bond motifs is 4. The van der Waals surface area contributed by atoms with E-state index in [-0.39, 0.29) is 29.5 Å². The molecule has 1 spiro atoms. The van der Waals surface area contributed by atoms with Gasteiger partial charge in [0.25, 0.3) is 5.91 Å². The smallest absolute Gasteiger partial charge is 0.262 e. The molecular formula is C31H29BrFN3O2. The molecule has 0 fully saturated rings. The molecule has 5 nitrogen and oxygen atoms in total. The van der Waals surface area contributed by atoms with Gasteiger partial charge in [0, 0.05) is 27.7 Å². The highest BCUT2D eigenvalue weighted by Crippen LogP contribution is 2.55. The first-order valence-electron chi connectivity index (χ1n) is 12.8. The van der Waals surface area contributed by atoms with Crippen LogP contribution in [0.25, 0.3) is 0 Å². The lowest BCUT2D eigenvalue weighted by atomic mass is 9.69. The van der Waals surface area contributed by atoms with Crippen molar-refractivity contribution in [3.05, 3.63) is 98.4 Å². The number of ketones is 1. The van der Waals surface area contributed by atoms with Gasteiger partial charge in [-0.25, -0.2) is 4.39 Å². The van der Waals surface area contributed by atoms with Crippen molar-refractivity contribution in [1.82, 2.24) is 0 Å². The molecule has 2 heterocycles. The minimum absolute atomic E-state index is 0.0417. The number of para-hydroxylation sites is 1. The van der Waals surface area contributed by atoms with Gasteiger partial charge in [0.1, 0.15) is 5.82 Å². The zero-order chi connectivity index (χ0) is 27.0. The monoisotopic (exact) mass is 573 g/mol.